The van der Waals surface area contributed by atoms with E-state index in [2.05, 4.69) is 196 Å². The molecule has 6 nitrogen and oxygen atoms in total. The highest BCUT2D eigenvalue weighted by Gasteiger charge is 2.36. The van der Waals surface area contributed by atoms with Crippen molar-refractivity contribution in [3.8, 4) is 46.1 Å². The molecule has 0 fully saturated rings. The maximum atomic E-state index is 11.2. The Morgan fingerprint density at radius 1 is 0.377 bits per heavy atom. The van der Waals surface area contributed by atoms with E-state index in [9.17, 15) is 10.5 Å². The van der Waals surface area contributed by atoms with Crippen molar-refractivity contribution in [1.29, 1.82) is 10.5 Å². The molecule has 0 aliphatic carbocycles. The predicted octanol–water partition coefficient (Wildman–Crippen LogP) is 13.4. The lowest BCUT2D eigenvalue weighted by Gasteiger charge is -2.31. The molecule has 0 saturated heterocycles. The van der Waals surface area contributed by atoms with E-state index in [1.54, 1.807) is 0 Å². The number of anilines is 3. The molecule has 1 aliphatic rings. The van der Waals surface area contributed by atoms with Crippen LogP contribution in [0.25, 0.3) is 66.1 Å². The zero-order valence-electron chi connectivity index (χ0n) is 37.2. The van der Waals surface area contributed by atoms with Crippen molar-refractivity contribution >= 4 is 83.8 Å². The van der Waals surface area contributed by atoms with Gasteiger partial charge in [-0.1, -0.05) is 133 Å². The Bertz CT molecular complexity index is 3790. The summed E-state index contributed by atoms with van der Waals surface area (Å²) in [7, 11) is 0. The zero-order valence-corrected chi connectivity index (χ0v) is 37.2. The molecular weight excluding hydrogens is 842 g/mol. The van der Waals surface area contributed by atoms with E-state index >= 15 is 0 Å². The minimum absolute atomic E-state index is 0.333. The van der Waals surface area contributed by atoms with Gasteiger partial charge >= 0.3 is 0 Å². The number of rotatable bonds is 7. The minimum Gasteiger partial charge on any atom is -0.458 e. The van der Waals surface area contributed by atoms with Gasteiger partial charge in [-0.3, -0.25) is 0 Å². The van der Waals surface area contributed by atoms with Crippen LogP contribution in [0.2, 0.25) is 0 Å². The number of ether oxygens (including phenoxy) is 1. The Morgan fingerprint density at radius 2 is 0.768 bits per heavy atom. The highest BCUT2D eigenvalue weighted by molar-refractivity contribution is 6.98. The van der Waals surface area contributed by atoms with Gasteiger partial charge in [-0.2, -0.15) is 10.5 Å². The first-order valence-corrected chi connectivity index (χ1v) is 23.1. The maximum absolute atomic E-state index is 11.2. The molecule has 69 heavy (non-hydrogen) atoms. The number of aromatic nitrogens is 2. The van der Waals surface area contributed by atoms with Crippen LogP contribution in [-0.2, 0) is 0 Å². The van der Waals surface area contributed by atoms with Gasteiger partial charge in [-0.25, -0.2) is 0 Å². The fourth-order valence-electron chi connectivity index (χ4n) is 10.8. The van der Waals surface area contributed by atoms with Crippen LogP contribution in [0.3, 0.4) is 0 Å². The molecule has 1 aliphatic heterocycles. The molecule has 0 spiro atoms. The Hall–Kier alpha value is -9.56. The van der Waals surface area contributed by atoms with Gasteiger partial charge in [-0.15, -0.1) is 0 Å². The lowest BCUT2D eigenvalue weighted by Crippen LogP contribution is -2.56. The number of nitriles is 2. The van der Waals surface area contributed by atoms with Crippen molar-refractivity contribution in [3.63, 3.8) is 0 Å². The SMILES string of the molecule is N#Cc1cccc(-c2cccc(C#N)c2N(c2ccc(-n3c4ccccc4c4ccccc43)cc2)c2ccc(-n3c4ccccc4c4ccccc43)cc2)c1B1c2ccccc2Oc2ccccc21. The van der Waals surface area contributed by atoms with E-state index in [1.807, 2.05) is 60.7 Å². The van der Waals surface area contributed by atoms with Gasteiger partial charge in [0, 0.05) is 55.4 Å². The van der Waals surface area contributed by atoms with Crippen molar-refractivity contribution in [2.75, 3.05) is 4.90 Å². The molecule has 0 saturated carbocycles. The molecule has 12 aromatic rings. The van der Waals surface area contributed by atoms with Crippen molar-refractivity contribution < 1.29 is 4.74 Å². The van der Waals surface area contributed by atoms with Crippen LogP contribution in [0.5, 0.6) is 11.5 Å². The Labute approximate surface area is 399 Å². The summed E-state index contributed by atoms with van der Waals surface area (Å²) in [4.78, 5) is 2.20. The van der Waals surface area contributed by atoms with E-state index < -0.39 is 0 Å². The van der Waals surface area contributed by atoms with E-state index in [0.29, 0.717) is 16.8 Å². The monoisotopic (exact) mass is 879 g/mol. The predicted molar refractivity (Wildman–Crippen MR) is 282 cm³/mol. The molecule has 0 radical (unpaired) electrons. The third-order valence-electron chi connectivity index (χ3n) is 13.8. The van der Waals surface area contributed by atoms with Gasteiger partial charge in [0.1, 0.15) is 17.6 Å². The van der Waals surface area contributed by atoms with E-state index in [0.717, 1.165) is 83.8 Å². The molecule has 0 unspecified atom stereocenters. The summed E-state index contributed by atoms with van der Waals surface area (Å²) < 4.78 is 11.1. The first-order chi connectivity index (χ1) is 34.2. The largest absolute Gasteiger partial charge is 0.458 e. The zero-order chi connectivity index (χ0) is 46.0. The molecule has 13 rings (SSSR count). The lowest BCUT2D eigenvalue weighted by molar-refractivity contribution is 0.487. The first kappa shape index (κ1) is 39.8. The van der Waals surface area contributed by atoms with Crippen LogP contribution in [0.15, 0.2) is 231 Å². The van der Waals surface area contributed by atoms with Crippen molar-refractivity contribution in [3.05, 3.63) is 242 Å². The maximum Gasteiger partial charge on any atom is 0.253 e. The van der Waals surface area contributed by atoms with Gasteiger partial charge < -0.3 is 18.8 Å². The standard InChI is InChI=1S/C62H38BN5O/c64-39-41-15-13-21-51(61(41)63-53-23-5-11-29-59(53)69-60-30-12-6-24-54(60)63)52-22-14-16-42(40-65)62(52)66(43-31-35-45(36-32-43)67-55-25-7-1-17-47(55)48-18-2-8-26-56(48)67)44-33-37-46(38-34-44)68-57-27-9-3-19-49(57)50-20-4-10-28-58(50)68/h1-38H. The summed E-state index contributed by atoms with van der Waals surface area (Å²) in [6, 6.07) is 84.6. The molecule has 0 bridgehead atoms. The average Bonchev–Trinajstić information content (AvgIpc) is 3.94. The van der Waals surface area contributed by atoms with Crippen molar-refractivity contribution in [1.82, 2.24) is 9.13 Å². The Kier molecular flexibility index (Phi) is 9.28. The van der Waals surface area contributed by atoms with Crippen LogP contribution in [0.1, 0.15) is 11.1 Å². The van der Waals surface area contributed by atoms with Crippen molar-refractivity contribution in [2.45, 2.75) is 0 Å². The quantitative estimate of drug-likeness (QED) is 0.150. The van der Waals surface area contributed by atoms with Gasteiger partial charge in [0.15, 0.2) is 0 Å². The third kappa shape index (κ3) is 6.26. The van der Waals surface area contributed by atoms with Gasteiger partial charge in [0.2, 0.25) is 0 Å². The Morgan fingerprint density at radius 3 is 1.22 bits per heavy atom. The number of hydrogen-bond donors (Lipinski definition) is 0. The van der Waals surface area contributed by atoms with Gasteiger partial charge in [0.25, 0.3) is 6.71 Å². The molecular formula is C62H38BN5O. The highest BCUT2D eigenvalue weighted by atomic mass is 16.5. The van der Waals surface area contributed by atoms with Crippen LogP contribution in [0.4, 0.5) is 17.1 Å². The van der Waals surface area contributed by atoms with Crippen LogP contribution >= 0.6 is 0 Å². The molecule has 10 aromatic carbocycles. The second-order valence-electron chi connectivity index (χ2n) is 17.4. The Balaban J connectivity index is 1.04. The number of fused-ring (bicyclic) bond motifs is 8. The third-order valence-corrected chi connectivity index (χ3v) is 13.8. The smallest absolute Gasteiger partial charge is 0.253 e. The van der Waals surface area contributed by atoms with Crippen LogP contribution in [-0.4, -0.2) is 15.8 Å². The topological polar surface area (TPSA) is 69.9 Å². The average molecular weight is 880 g/mol. The lowest BCUT2D eigenvalue weighted by atomic mass is 9.34. The summed E-state index contributed by atoms with van der Waals surface area (Å²) in [5, 5.41) is 27.0. The molecule has 0 atom stereocenters. The summed E-state index contributed by atoms with van der Waals surface area (Å²) >= 11 is 0. The highest BCUT2D eigenvalue weighted by Crippen LogP contribution is 2.44. The minimum atomic E-state index is -0.333. The van der Waals surface area contributed by atoms with Crippen LogP contribution < -0.4 is 26.0 Å². The molecule has 320 valence electrons. The molecule has 0 N–H and O–H groups in total. The molecule has 0 amide bonds. The summed E-state index contributed by atoms with van der Waals surface area (Å²) in [6.45, 7) is -0.333. The second kappa shape index (κ2) is 16.1. The molecule has 3 heterocycles. The van der Waals surface area contributed by atoms with Crippen LogP contribution in [0, 0.1) is 22.7 Å². The van der Waals surface area contributed by atoms with Gasteiger partial charge in [0.05, 0.1) is 39.4 Å². The summed E-state index contributed by atoms with van der Waals surface area (Å²) in [6.07, 6.45) is 0. The number of para-hydroxylation sites is 7. The molecule has 2 aromatic heterocycles. The van der Waals surface area contributed by atoms with Crippen molar-refractivity contribution in [2.24, 2.45) is 0 Å². The normalized spacial score (nSPS) is 11.8. The van der Waals surface area contributed by atoms with Gasteiger partial charge in [-0.05, 0) is 119 Å². The number of hydrogen-bond acceptors (Lipinski definition) is 4. The fourth-order valence-corrected chi connectivity index (χ4v) is 10.8. The first-order valence-electron chi connectivity index (χ1n) is 23.1. The van der Waals surface area contributed by atoms with E-state index in [4.69, 9.17) is 4.74 Å². The van der Waals surface area contributed by atoms with E-state index in [1.165, 1.54) is 21.5 Å². The summed E-state index contributed by atoms with van der Waals surface area (Å²) in [5.74, 6) is 1.50. The fraction of sp³-hybridized carbons (Fsp3) is 0. The number of benzene rings is 10. The second-order valence-corrected chi connectivity index (χ2v) is 17.4. The molecule has 7 heteroatoms. The number of nitrogens with zero attached hydrogens (tertiary/aromatic N) is 5. The van der Waals surface area contributed by atoms with E-state index in [-0.39, 0.29) is 6.71 Å². The summed E-state index contributed by atoms with van der Waals surface area (Å²) in [5.41, 5.74) is 14.5.